The highest BCUT2D eigenvalue weighted by molar-refractivity contribution is 8.02. The van der Waals surface area contributed by atoms with E-state index in [1.165, 1.54) is 5.56 Å². The van der Waals surface area contributed by atoms with E-state index in [1.54, 1.807) is 0 Å². The monoisotopic (exact) mass is 506 g/mol. The Hall–Kier alpha value is -2.65. The first kappa shape index (κ1) is 23.7. The SMILES string of the molecule is Cc1nnc2n1C1SC=CC1CN(C1CCN(C(=O)C3CC=[N+](Cc4cccc(N)c4)CC3)CC1)C2. The molecule has 9 heteroatoms. The number of nitrogens with zero attached hydrogens (tertiary/aromatic N) is 6. The maximum atomic E-state index is 13.3. The number of aromatic nitrogens is 3. The molecule has 1 aromatic heterocycles. The van der Waals surface area contributed by atoms with Crippen LogP contribution in [0, 0.1) is 18.8 Å². The van der Waals surface area contributed by atoms with Crippen LogP contribution in [0.2, 0.25) is 0 Å². The van der Waals surface area contributed by atoms with Gasteiger partial charge in [-0.25, -0.2) is 4.58 Å². The number of rotatable bonds is 4. The van der Waals surface area contributed by atoms with E-state index < -0.39 is 0 Å². The molecule has 2 N–H and O–H groups in total. The lowest BCUT2D eigenvalue weighted by Gasteiger charge is -2.39. The first-order valence-electron chi connectivity index (χ1n) is 13.2. The molecule has 1 amide bonds. The summed E-state index contributed by atoms with van der Waals surface area (Å²) in [6.45, 7) is 7.45. The number of aryl methyl sites for hydroxylation is 1. The number of benzene rings is 1. The Bertz CT molecular complexity index is 1180. The van der Waals surface area contributed by atoms with E-state index in [0.29, 0.717) is 23.2 Å². The van der Waals surface area contributed by atoms with Gasteiger partial charge in [0.1, 0.15) is 24.4 Å². The van der Waals surface area contributed by atoms with E-state index in [4.69, 9.17) is 5.73 Å². The summed E-state index contributed by atoms with van der Waals surface area (Å²) in [7, 11) is 0. The van der Waals surface area contributed by atoms with Crippen LogP contribution in [0.1, 0.15) is 48.3 Å². The van der Waals surface area contributed by atoms with Gasteiger partial charge in [-0.15, -0.1) is 22.0 Å². The second kappa shape index (κ2) is 10.0. The van der Waals surface area contributed by atoms with Crippen molar-refractivity contribution in [3.05, 3.63) is 53.0 Å². The number of thioether (sulfide) groups is 1. The van der Waals surface area contributed by atoms with Gasteiger partial charge in [-0.2, -0.15) is 0 Å². The van der Waals surface area contributed by atoms with Crippen molar-refractivity contribution in [3.8, 4) is 0 Å². The van der Waals surface area contributed by atoms with Gasteiger partial charge in [-0.1, -0.05) is 18.2 Å². The zero-order valence-electron chi connectivity index (χ0n) is 21.0. The molecule has 1 saturated heterocycles. The molecular weight excluding hydrogens is 470 g/mol. The molecule has 8 nitrogen and oxygen atoms in total. The molecule has 190 valence electrons. The number of anilines is 1. The summed E-state index contributed by atoms with van der Waals surface area (Å²) < 4.78 is 4.66. The van der Waals surface area contributed by atoms with Gasteiger partial charge in [-0.05, 0) is 37.3 Å². The molecule has 2 aromatic rings. The molecule has 36 heavy (non-hydrogen) atoms. The number of nitrogen functional groups attached to an aromatic ring is 1. The molecular formula is C27H36N7OS+. The van der Waals surface area contributed by atoms with Gasteiger partial charge in [-0.3, -0.25) is 9.69 Å². The van der Waals surface area contributed by atoms with Gasteiger partial charge in [0.25, 0.3) is 0 Å². The molecule has 0 saturated carbocycles. The van der Waals surface area contributed by atoms with Crippen molar-refractivity contribution in [2.24, 2.45) is 11.8 Å². The van der Waals surface area contributed by atoms with Gasteiger partial charge in [0.05, 0.1) is 17.8 Å². The first-order chi connectivity index (χ1) is 17.5. The smallest absolute Gasteiger partial charge is 0.226 e. The van der Waals surface area contributed by atoms with Crippen molar-refractivity contribution < 1.29 is 9.37 Å². The summed E-state index contributed by atoms with van der Waals surface area (Å²) in [5.74, 6) is 3.03. The first-order valence-corrected chi connectivity index (χ1v) is 14.2. The Morgan fingerprint density at radius 3 is 2.86 bits per heavy atom. The maximum absolute atomic E-state index is 13.3. The van der Waals surface area contributed by atoms with Crippen LogP contribution in [0.5, 0.6) is 0 Å². The quantitative estimate of drug-likeness (QED) is 0.507. The normalized spacial score (nSPS) is 26.9. The fourth-order valence-electron chi connectivity index (χ4n) is 6.28. The molecule has 4 aliphatic rings. The predicted octanol–water partition coefficient (Wildman–Crippen LogP) is 3.04. The number of hydrogen-bond donors (Lipinski definition) is 1. The van der Waals surface area contributed by atoms with Crippen LogP contribution in [-0.4, -0.2) is 73.5 Å². The molecule has 1 fully saturated rings. The summed E-state index contributed by atoms with van der Waals surface area (Å²) >= 11 is 1.88. The largest absolute Gasteiger partial charge is 0.399 e. The predicted molar refractivity (Wildman–Crippen MR) is 143 cm³/mol. The van der Waals surface area contributed by atoms with E-state index in [1.807, 2.05) is 30.0 Å². The number of amides is 1. The number of carbonyl (C=O) groups is 1. The number of nitrogens with two attached hydrogens (primary N) is 1. The van der Waals surface area contributed by atoms with E-state index in [0.717, 1.165) is 82.3 Å². The molecule has 5 heterocycles. The van der Waals surface area contributed by atoms with Crippen molar-refractivity contribution in [1.29, 1.82) is 0 Å². The van der Waals surface area contributed by atoms with E-state index in [9.17, 15) is 4.79 Å². The molecule has 0 radical (unpaired) electrons. The second-order valence-electron chi connectivity index (χ2n) is 10.7. The lowest BCUT2D eigenvalue weighted by Crippen LogP contribution is -2.49. The summed E-state index contributed by atoms with van der Waals surface area (Å²) in [5, 5.41) is 11.5. The van der Waals surface area contributed by atoms with Crippen LogP contribution in [-0.2, 0) is 17.9 Å². The molecule has 0 spiro atoms. The zero-order chi connectivity index (χ0) is 24.6. The Kier molecular flexibility index (Phi) is 6.60. The Morgan fingerprint density at radius 1 is 1.22 bits per heavy atom. The fourth-order valence-corrected chi connectivity index (χ4v) is 7.51. The Morgan fingerprint density at radius 2 is 2.08 bits per heavy atom. The lowest BCUT2D eigenvalue weighted by molar-refractivity contribution is -0.545. The third kappa shape index (κ3) is 4.70. The van der Waals surface area contributed by atoms with Crippen molar-refractivity contribution in [2.75, 3.05) is 31.9 Å². The van der Waals surface area contributed by atoms with Crippen molar-refractivity contribution in [3.63, 3.8) is 0 Å². The average Bonchev–Trinajstić information content (AvgIpc) is 3.45. The topological polar surface area (TPSA) is 83.3 Å². The highest BCUT2D eigenvalue weighted by atomic mass is 32.2. The van der Waals surface area contributed by atoms with E-state index in [2.05, 4.69) is 59.8 Å². The van der Waals surface area contributed by atoms with Crippen LogP contribution >= 0.6 is 11.8 Å². The van der Waals surface area contributed by atoms with Crippen molar-refractivity contribution in [2.45, 2.75) is 57.1 Å². The zero-order valence-corrected chi connectivity index (χ0v) is 21.8. The highest BCUT2D eigenvalue weighted by Crippen LogP contribution is 2.43. The second-order valence-corrected chi connectivity index (χ2v) is 11.7. The van der Waals surface area contributed by atoms with Crippen molar-refractivity contribution >= 4 is 29.6 Å². The van der Waals surface area contributed by atoms with Crippen LogP contribution in [0.3, 0.4) is 0 Å². The van der Waals surface area contributed by atoms with E-state index >= 15 is 0 Å². The summed E-state index contributed by atoms with van der Waals surface area (Å²) in [6.07, 6.45) is 8.39. The van der Waals surface area contributed by atoms with Gasteiger partial charge in [0.15, 0.2) is 6.54 Å². The van der Waals surface area contributed by atoms with Gasteiger partial charge < -0.3 is 15.2 Å². The average molecular weight is 507 g/mol. The summed E-state index contributed by atoms with van der Waals surface area (Å²) in [6, 6.07) is 8.56. The lowest BCUT2D eigenvalue weighted by atomic mass is 9.94. The molecule has 1 aromatic carbocycles. The van der Waals surface area contributed by atoms with Gasteiger partial charge in [0, 0.05) is 55.7 Å². The Balaban J connectivity index is 1.04. The number of carbonyl (C=O) groups excluding carboxylic acids is 1. The molecule has 4 aliphatic heterocycles. The summed E-state index contributed by atoms with van der Waals surface area (Å²) in [5.41, 5.74) is 7.95. The third-order valence-corrected chi connectivity index (χ3v) is 9.44. The van der Waals surface area contributed by atoms with Crippen LogP contribution in [0.25, 0.3) is 0 Å². The van der Waals surface area contributed by atoms with E-state index in [-0.39, 0.29) is 5.92 Å². The number of likely N-dealkylation sites (tertiary alicyclic amines) is 1. The van der Waals surface area contributed by atoms with Crippen LogP contribution in [0.4, 0.5) is 5.69 Å². The fraction of sp³-hybridized carbons (Fsp3) is 0.556. The van der Waals surface area contributed by atoms with Crippen LogP contribution in [0.15, 0.2) is 35.7 Å². The number of hydrogen-bond acceptors (Lipinski definition) is 6. The molecule has 0 bridgehead atoms. The molecule has 3 atom stereocenters. The number of fused-ring (bicyclic) bond motifs is 3. The van der Waals surface area contributed by atoms with Crippen LogP contribution < -0.4 is 5.73 Å². The minimum atomic E-state index is 0.111. The minimum Gasteiger partial charge on any atom is -0.399 e. The third-order valence-electron chi connectivity index (χ3n) is 8.28. The number of piperidine rings is 1. The molecule has 6 rings (SSSR count). The van der Waals surface area contributed by atoms with Gasteiger partial charge >= 0.3 is 0 Å². The maximum Gasteiger partial charge on any atom is 0.226 e. The summed E-state index contributed by atoms with van der Waals surface area (Å²) in [4.78, 5) is 18.1. The Labute approximate surface area is 217 Å². The van der Waals surface area contributed by atoms with Gasteiger partial charge in [0.2, 0.25) is 5.91 Å². The minimum absolute atomic E-state index is 0.111. The highest BCUT2D eigenvalue weighted by Gasteiger charge is 2.38. The van der Waals surface area contributed by atoms with Crippen molar-refractivity contribution in [1.82, 2.24) is 24.6 Å². The molecule has 0 aliphatic carbocycles. The molecule has 3 unspecified atom stereocenters. The standard InChI is InChI=1S/C27H36N7OS/c1-19-29-30-25-18-33(17-22-9-14-36-27(22)34(19)25)24-7-12-32(13-8-24)26(35)21-5-10-31(11-6-21)16-20-3-2-4-23(28)15-20/h2-4,9-10,14-15,21-22,24,27H,5-8,11-13,16-18,28H2,1H3/q+1.